The fraction of sp³-hybridized carbons (Fsp3) is 0.417. The first kappa shape index (κ1) is 14.0. The summed E-state index contributed by atoms with van der Waals surface area (Å²) in [6, 6.07) is 4.93. The van der Waals surface area contributed by atoms with Crippen LogP contribution < -0.4 is 9.64 Å². The number of halogens is 1. The van der Waals surface area contributed by atoms with Gasteiger partial charge in [0.2, 0.25) is 0 Å². The highest BCUT2D eigenvalue weighted by Gasteiger charge is 2.49. The molecular formula is C12H13ClN2O3S2. The molecule has 0 amide bonds. The third-order valence-electron chi connectivity index (χ3n) is 3.49. The molecule has 0 aliphatic carbocycles. The molecule has 20 heavy (non-hydrogen) atoms. The summed E-state index contributed by atoms with van der Waals surface area (Å²) in [4.78, 5) is 1.73. The lowest BCUT2D eigenvalue weighted by molar-refractivity contribution is 0.415. The van der Waals surface area contributed by atoms with Crippen molar-refractivity contribution in [3.8, 4) is 5.75 Å². The van der Waals surface area contributed by atoms with E-state index in [1.54, 1.807) is 30.2 Å². The molecular weight excluding hydrogens is 320 g/mol. The number of amidine groups is 1. The van der Waals surface area contributed by atoms with Crippen LogP contribution in [0.5, 0.6) is 5.75 Å². The van der Waals surface area contributed by atoms with Crippen molar-refractivity contribution >= 4 is 44.1 Å². The van der Waals surface area contributed by atoms with Crippen LogP contribution in [0.4, 0.5) is 5.69 Å². The van der Waals surface area contributed by atoms with Gasteiger partial charge in [0.25, 0.3) is 0 Å². The van der Waals surface area contributed by atoms with E-state index in [0.29, 0.717) is 21.6 Å². The first-order valence-electron chi connectivity index (χ1n) is 6.00. The summed E-state index contributed by atoms with van der Waals surface area (Å²) in [5.74, 6) is 0.789. The lowest BCUT2D eigenvalue weighted by Crippen LogP contribution is -2.37. The van der Waals surface area contributed by atoms with Gasteiger partial charge in [0.05, 0.1) is 30.3 Å². The Morgan fingerprint density at radius 2 is 2.20 bits per heavy atom. The van der Waals surface area contributed by atoms with E-state index < -0.39 is 9.84 Å². The van der Waals surface area contributed by atoms with Gasteiger partial charge in [-0.25, -0.2) is 8.42 Å². The van der Waals surface area contributed by atoms with E-state index in [1.807, 2.05) is 0 Å². The predicted octanol–water partition coefficient (Wildman–Crippen LogP) is 2.00. The van der Waals surface area contributed by atoms with Crippen LogP contribution in [-0.2, 0) is 9.84 Å². The molecule has 5 nitrogen and oxygen atoms in total. The minimum absolute atomic E-state index is 0.0721. The van der Waals surface area contributed by atoms with Gasteiger partial charge in [-0.3, -0.25) is 5.41 Å². The first-order valence-corrected chi connectivity index (χ1v) is 9.07. The number of thioether (sulfide) groups is 1. The fourth-order valence-electron chi connectivity index (χ4n) is 2.64. The average molecular weight is 333 g/mol. The van der Waals surface area contributed by atoms with Crippen LogP contribution in [0.25, 0.3) is 0 Å². The highest BCUT2D eigenvalue weighted by atomic mass is 35.5. The molecule has 1 N–H and O–H groups in total. The zero-order valence-electron chi connectivity index (χ0n) is 10.7. The Morgan fingerprint density at radius 1 is 1.45 bits per heavy atom. The molecule has 2 unspecified atom stereocenters. The summed E-state index contributed by atoms with van der Waals surface area (Å²) < 4.78 is 28.9. The fourth-order valence-corrected chi connectivity index (χ4v) is 6.59. The summed E-state index contributed by atoms with van der Waals surface area (Å²) in [7, 11) is -1.49. The molecule has 2 atom stereocenters. The molecule has 2 aliphatic rings. The molecule has 1 aromatic carbocycles. The minimum Gasteiger partial charge on any atom is -0.495 e. The molecule has 2 saturated heterocycles. The minimum atomic E-state index is -3.03. The number of fused-ring (bicyclic) bond motifs is 1. The molecule has 3 rings (SSSR count). The summed E-state index contributed by atoms with van der Waals surface area (Å²) in [5.41, 5.74) is 0.655. The van der Waals surface area contributed by atoms with Crippen LogP contribution in [0, 0.1) is 5.41 Å². The normalized spacial score (nSPS) is 27.7. The third-order valence-corrected chi connectivity index (χ3v) is 6.85. The molecule has 0 saturated carbocycles. The molecule has 2 aliphatic heterocycles. The predicted molar refractivity (Wildman–Crippen MR) is 82.0 cm³/mol. The molecule has 0 radical (unpaired) electrons. The van der Waals surface area contributed by atoms with E-state index in [-0.39, 0.29) is 22.8 Å². The van der Waals surface area contributed by atoms with Crippen LogP contribution in [0.15, 0.2) is 18.2 Å². The van der Waals surface area contributed by atoms with E-state index in [9.17, 15) is 8.42 Å². The number of hydrogen-bond donors (Lipinski definition) is 1. The molecule has 2 fully saturated rings. The van der Waals surface area contributed by atoms with Crippen LogP contribution in [0.3, 0.4) is 0 Å². The number of ether oxygens (including phenoxy) is 1. The number of sulfone groups is 1. The second kappa shape index (κ2) is 4.82. The van der Waals surface area contributed by atoms with Crippen molar-refractivity contribution in [2.75, 3.05) is 23.5 Å². The Labute approximate surface area is 126 Å². The van der Waals surface area contributed by atoms with E-state index in [4.69, 9.17) is 21.7 Å². The summed E-state index contributed by atoms with van der Waals surface area (Å²) in [6.45, 7) is 0. The second-order valence-electron chi connectivity index (χ2n) is 4.79. The Balaban J connectivity index is 2.05. The second-order valence-corrected chi connectivity index (χ2v) is 8.61. The largest absolute Gasteiger partial charge is 0.495 e. The maximum Gasteiger partial charge on any atom is 0.161 e. The lowest BCUT2D eigenvalue weighted by Gasteiger charge is -2.25. The van der Waals surface area contributed by atoms with Crippen molar-refractivity contribution in [2.24, 2.45) is 0 Å². The zero-order chi connectivity index (χ0) is 14.5. The molecule has 108 valence electrons. The highest BCUT2D eigenvalue weighted by molar-refractivity contribution is 8.15. The van der Waals surface area contributed by atoms with E-state index in [2.05, 4.69) is 0 Å². The van der Waals surface area contributed by atoms with Gasteiger partial charge in [-0.2, -0.15) is 0 Å². The summed E-state index contributed by atoms with van der Waals surface area (Å²) >= 11 is 7.32. The Bertz CT molecular complexity index is 677. The Hall–Kier alpha value is -0.920. The number of nitrogens with zero attached hydrogens (tertiary/aromatic N) is 1. The number of hydrogen-bond acceptors (Lipinski definition) is 5. The zero-order valence-corrected chi connectivity index (χ0v) is 13.1. The van der Waals surface area contributed by atoms with Gasteiger partial charge in [0.1, 0.15) is 5.75 Å². The first-order chi connectivity index (χ1) is 9.41. The number of nitrogens with one attached hydrogen (secondary N) is 1. The number of benzene rings is 1. The average Bonchev–Trinajstić information content (AvgIpc) is 2.79. The van der Waals surface area contributed by atoms with Crippen molar-refractivity contribution in [3.05, 3.63) is 23.2 Å². The molecule has 1 aromatic rings. The summed E-state index contributed by atoms with van der Waals surface area (Å²) in [5, 5.41) is 8.90. The van der Waals surface area contributed by atoms with Crippen LogP contribution in [0.2, 0.25) is 5.02 Å². The van der Waals surface area contributed by atoms with E-state index in [1.165, 1.54) is 11.8 Å². The van der Waals surface area contributed by atoms with Crippen molar-refractivity contribution < 1.29 is 13.2 Å². The number of rotatable bonds is 2. The van der Waals surface area contributed by atoms with Gasteiger partial charge in [0.15, 0.2) is 15.0 Å². The highest BCUT2D eigenvalue weighted by Crippen LogP contribution is 2.43. The van der Waals surface area contributed by atoms with Gasteiger partial charge in [0, 0.05) is 10.3 Å². The number of anilines is 1. The molecule has 0 aromatic heterocycles. The van der Waals surface area contributed by atoms with E-state index in [0.717, 1.165) is 0 Å². The van der Waals surface area contributed by atoms with Gasteiger partial charge in [-0.05, 0) is 18.2 Å². The van der Waals surface area contributed by atoms with Crippen molar-refractivity contribution in [2.45, 2.75) is 11.3 Å². The lowest BCUT2D eigenvalue weighted by atomic mass is 10.2. The van der Waals surface area contributed by atoms with E-state index >= 15 is 0 Å². The standard InChI is InChI=1S/C12H13ClN2O3S2/c1-18-10-3-2-7(13)4-8(10)15-9-5-20(16,17)6-11(9)19-12(15)14/h2-4,9,11,14H,5-6H2,1H3. The maximum atomic E-state index is 11.8. The van der Waals surface area contributed by atoms with Gasteiger partial charge >= 0.3 is 0 Å². The molecule has 0 spiro atoms. The molecule has 2 heterocycles. The van der Waals surface area contributed by atoms with Gasteiger partial charge < -0.3 is 9.64 Å². The van der Waals surface area contributed by atoms with Crippen molar-refractivity contribution in [1.82, 2.24) is 0 Å². The van der Waals surface area contributed by atoms with Crippen LogP contribution in [0.1, 0.15) is 0 Å². The van der Waals surface area contributed by atoms with Crippen LogP contribution >= 0.6 is 23.4 Å². The topological polar surface area (TPSA) is 70.5 Å². The Morgan fingerprint density at radius 3 is 2.90 bits per heavy atom. The molecule has 8 heteroatoms. The summed E-state index contributed by atoms with van der Waals surface area (Å²) in [6.07, 6.45) is 0. The maximum absolute atomic E-state index is 11.8. The van der Waals surface area contributed by atoms with Crippen molar-refractivity contribution in [3.63, 3.8) is 0 Å². The third kappa shape index (κ3) is 2.27. The SMILES string of the molecule is COc1ccc(Cl)cc1N1C(=N)SC2CS(=O)(=O)CC21. The van der Waals surface area contributed by atoms with Gasteiger partial charge in [-0.15, -0.1) is 0 Å². The molecule has 0 bridgehead atoms. The Kier molecular flexibility index (Phi) is 3.38. The monoisotopic (exact) mass is 332 g/mol. The smallest absolute Gasteiger partial charge is 0.161 e. The number of methoxy groups -OCH3 is 1. The van der Waals surface area contributed by atoms with Gasteiger partial charge in [-0.1, -0.05) is 23.4 Å². The van der Waals surface area contributed by atoms with Crippen LogP contribution in [-0.4, -0.2) is 43.5 Å². The van der Waals surface area contributed by atoms with Crippen molar-refractivity contribution in [1.29, 1.82) is 5.41 Å². The quantitative estimate of drug-likeness (QED) is 0.897.